The zero-order valence-electron chi connectivity index (χ0n) is 46.1. The highest BCUT2D eigenvalue weighted by Crippen LogP contribution is 2.43. The van der Waals surface area contributed by atoms with Gasteiger partial charge in [-0.2, -0.15) is 0 Å². The largest absolute Gasteiger partial charge is 0.494 e. The molecule has 5 heterocycles. The molecule has 0 aromatic heterocycles. The Kier molecular flexibility index (Phi) is 16.8. The van der Waals surface area contributed by atoms with Crippen molar-refractivity contribution in [2.45, 2.75) is 140 Å². The Labute approximate surface area is 470 Å². The second-order valence-corrected chi connectivity index (χ2v) is 24.1. The lowest BCUT2D eigenvalue weighted by Gasteiger charge is -2.27. The Hall–Kier alpha value is -7.53. The van der Waals surface area contributed by atoms with Gasteiger partial charge >= 0.3 is 5.97 Å². The SMILES string of the molecule is COc1cc2c(cc1OCCCCCOc1cc3c(cc1C)C(=O)N1C=C(c4ccc(OCCCC(C)(C)SC5CC(=O)C(CCC(=O)ON6C(=O)CCC6=O)C5=O)cc4)C[C@H]1CC3)N=C[C@@H]1CC(c3ccc(C)cc3)=CN1C2=O. The van der Waals surface area contributed by atoms with E-state index in [0.29, 0.717) is 59.6 Å². The number of Topliss-reactive ketones (excluding diaryl/α,β-unsaturated/α-hetero) is 2. The van der Waals surface area contributed by atoms with Gasteiger partial charge in [0.25, 0.3) is 23.6 Å². The summed E-state index contributed by atoms with van der Waals surface area (Å²) >= 11 is 1.47. The number of amides is 4. The van der Waals surface area contributed by atoms with Crippen molar-refractivity contribution < 1.29 is 57.3 Å². The van der Waals surface area contributed by atoms with Crippen molar-refractivity contribution in [1.82, 2.24) is 14.9 Å². The fraction of sp³-hybridized carbons (Fsp3) is 0.429. The summed E-state index contributed by atoms with van der Waals surface area (Å²) in [6.07, 6.45) is 12.6. The van der Waals surface area contributed by atoms with Gasteiger partial charge in [0.2, 0.25) is 0 Å². The Morgan fingerprint density at radius 3 is 2.09 bits per heavy atom. The summed E-state index contributed by atoms with van der Waals surface area (Å²) in [5.74, 6) is -0.859. The van der Waals surface area contributed by atoms with Crippen LogP contribution >= 0.6 is 11.8 Å². The maximum absolute atomic E-state index is 14.1. The van der Waals surface area contributed by atoms with Gasteiger partial charge in [0.05, 0.1) is 55.4 Å². The molecule has 16 nitrogen and oxygen atoms in total. The molecule has 4 aromatic rings. The van der Waals surface area contributed by atoms with Crippen LogP contribution in [0.15, 0.2) is 90.2 Å². The van der Waals surface area contributed by atoms with Gasteiger partial charge in [0.1, 0.15) is 17.3 Å². The Morgan fingerprint density at radius 1 is 0.700 bits per heavy atom. The van der Waals surface area contributed by atoms with Crippen LogP contribution in [0.5, 0.6) is 23.0 Å². The van der Waals surface area contributed by atoms with Crippen LogP contribution in [0.2, 0.25) is 0 Å². The number of thioether (sulfide) groups is 1. The van der Waals surface area contributed by atoms with Crippen LogP contribution < -0.4 is 18.9 Å². The lowest BCUT2D eigenvalue weighted by molar-refractivity contribution is -0.197. The molecular formula is C63H68N4O12S. The number of ether oxygens (including phenoxy) is 4. The van der Waals surface area contributed by atoms with Gasteiger partial charge in [0.15, 0.2) is 17.3 Å². The predicted octanol–water partition coefficient (Wildman–Crippen LogP) is 10.7. The number of aliphatic imine (C=N–C) groups is 1. The molecule has 17 heteroatoms. The first-order valence-corrected chi connectivity index (χ1v) is 28.7. The number of imide groups is 1. The molecule has 5 aliphatic heterocycles. The van der Waals surface area contributed by atoms with E-state index in [4.69, 9.17) is 28.8 Å². The molecule has 0 bridgehead atoms. The molecule has 80 heavy (non-hydrogen) atoms. The minimum Gasteiger partial charge on any atom is -0.494 e. The summed E-state index contributed by atoms with van der Waals surface area (Å²) in [6.45, 7) is 9.60. The number of aryl methyl sites for hydroxylation is 3. The molecule has 1 saturated heterocycles. The molecule has 6 aliphatic rings. The highest BCUT2D eigenvalue weighted by Gasteiger charge is 2.44. The number of hydroxylamine groups is 2. The first-order chi connectivity index (χ1) is 38.5. The van der Waals surface area contributed by atoms with E-state index in [1.807, 2.05) is 80.7 Å². The molecule has 1 saturated carbocycles. The number of nitrogens with zero attached hydrogens (tertiary/aromatic N) is 4. The van der Waals surface area contributed by atoms with E-state index in [1.165, 1.54) is 17.3 Å². The molecule has 4 atom stereocenters. The summed E-state index contributed by atoms with van der Waals surface area (Å²) in [5, 5.41) is -0.0405. The molecule has 2 unspecified atom stereocenters. The second kappa shape index (κ2) is 24.1. The number of hydrogen-bond donors (Lipinski definition) is 0. The van der Waals surface area contributed by atoms with E-state index in [1.54, 1.807) is 24.1 Å². The molecule has 4 amide bonds. The zero-order chi connectivity index (χ0) is 56.2. The van der Waals surface area contributed by atoms with Crippen molar-refractivity contribution in [2.24, 2.45) is 10.9 Å². The van der Waals surface area contributed by atoms with Crippen LogP contribution in [0.25, 0.3) is 11.1 Å². The van der Waals surface area contributed by atoms with E-state index < -0.39 is 29.0 Å². The third-order valence-corrected chi connectivity index (χ3v) is 17.4. The van der Waals surface area contributed by atoms with E-state index in [2.05, 4.69) is 31.2 Å². The van der Waals surface area contributed by atoms with E-state index >= 15 is 0 Å². The van der Waals surface area contributed by atoms with Crippen molar-refractivity contribution >= 4 is 76.0 Å². The average Bonchev–Trinajstić information content (AvgIpc) is 4.18. The van der Waals surface area contributed by atoms with E-state index in [0.717, 1.165) is 96.3 Å². The van der Waals surface area contributed by atoms with Crippen molar-refractivity contribution in [1.29, 1.82) is 0 Å². The quantitative estimate of drug-likeness (QED) is 0.0411. The van der Waals surface area contributed by atoms with Gasteiger partial charge in [-0.25, -0.2) is 4.79 Å². The standard InChI is InChI=1S/C63H68N4O12S/c1-38-10-12-40(13-11-38)44-30-46-35-64-51-33-55(54(75-5)32-50(51)62(74)66(46)37-44)78-26-8-6-7-25-77-53-31-42-14-17-45-29-43(36-65(45)61(73)49(42)28-39(53)2)41-15-18-47(19-16-41)76-27-9-24-63(3,4)80-56-34-52(68)48(60(56)72)20-23-59(71)79-67-57(69)21-22-58(67)70/h10-13,15-16,18-19,28,31-33,35-37,45-46,48,56H,6-9,14,17,20-27,29-30,34H2,1-5H3/t45-,46+,48?,56?/m1/s1. The van der Waals surface area contributed by atoms with E-state index in [-0.39, 0.29) is 72.3 Å². The van der Waals surface area contributed by atoms with Crippen LogP contribution in [-0.4, -0.2) is 111 Å². The zero-order valence-corrected chi connectivity index (χ0v) is 46.9. The molecule has 418 valence electrons. The first-order valence-electron chi connectivity index (χ1n) is 27.9. The Bertz CT molecular complexity index is 3180. The minimum absolute atomic E-state index is 0.000533. The molecule has 0 spiro atoms. The van der Waals surface area contributed by atoms with Crippen molar-refractivity contribution in [3.05, 3.63) is 124 Å². The third-order valence-electron chi connectivity index (χ3n) is 15.8. The molecular weight excluding hydrogens is 1040 g/mol. The normalized spacial score (nSPS) is 20.5. The highest BCUT2D eigenvalue weighted by molar-refractivity contribution is 8.02. The number of carbonyl (C=O) groups excluding carboxylic acids is 7. The second-order valence-electron chi connectivity index (χ2n) is 22.2. The molecule has 4 aromatic carbocycles. The van der Waals surface area contributed by atoms with Crippen LogP contribution in [-0.2, 0) is 35.2 Å². The number of unbranched alkanes of at least 4 members (excludes halogenated alkanes) is 2. The van der Waals surface area contributed by atoms with Gasteiger partial charge in [-0.3, -0.25) is 33.8 Å². The van der Waals surface area contributed by atoms with Crippen molar-refractivity contribution in [3.8, 4) is 23.0 Å². The monoisotopic (exact) mass is 1100 g/mol. The summed E-state index contributed by atoms with van der Waals surface area (Å²) in [6, 6.07) is 23.7. The van der Waals surface area contributed by atoms with Crippen LogP contribution in [0, 0.1) is 19.8 Å². The maximum atomic E-state index is 14.1. The van der Waals surface area contributed by atoms with Crippen molar-refractivity contribution in [3.63, 3.8) is 0 Å². The fourth-order valence-electron chi connectivity index (χ4n) is 11.3. The summed E-state index contributed by atoms with van der Waals surface area (Å²) in [4.78, 5) is 103. The highest BCUT2D eigenvalue weighted by atomic mass is 32.2. The molecule has 1 aliphatic carbocycles. The number of fused-ring (bicyclic) bond motifs is 4. The summed E-state index contributed by atoms with van der Waals surface area (Å²) in [5.41, 5.74) is 9.21. The lowest BCUT2D eigenvalue weighted by atomic mass is 9.97. The number of rotatable bonds is 22. The van der Waals surface area contributed by atoms with Gasteiger partial charge in [0, 0.05) is 73.1 Å². The number of methoxy groups -OCH3 is 1. The van der Waals surface area contributed by atoms with Gasteiger partial charge < -0.3 is 33.6 Å². The maximum Gasteiger partial charge on any atom is 0.333 e. The molecule has 10 rings (SSSR count). The van der Waals surface area contributed by atoms with Crippen LogP contribution in [0.4, 0.5) is 5.69 Å². The van der Waals surface area contributed by atoms with Gasteiger partial charge in [-0.1, -0.05) is 55.8 Å². The summed E-state index contributed by atoms with van der Waals surface area (Å²) in [7, 11) is 1.58. The van der Waals surface area contributed by atoms with E-state index in [9.17, 15) is 33.6 Å². The number of ketones is 2. The number of carbonyl (C=O) groups is 7. The average molecular weight is 1110 g/mol. The van der Waals surface area contributed by atoms with Gasteiger partial charge in [-0.05, 0) is 135 Å². The van der Waals surface area contributed by atoms with Gasteiger partial charge in [-0.15, -0.1) is 16.8 Å². The Morgan fingerprint density at radius 2 is 1.36 bits per heavy atom. The third kappa shape index (κ3) is 12.4. The smallest absolute Gasteiger partial charge is 0.333 e. The number of hydrogen-bond acceptors (Lipinski definition) is 14. The lowest BCUT2D eigenvalue weighted by Crippen LogP contribution is -2.32. The van der Waals surface area contributed by atoms with Crippen LogP contribution in [0.3, 0.4) is 0 Å². The molecule has 0 N–H and O–H groups in total. The first kappa shape index (κ1) is 55.8. The van der Waals surface area contributed by atoms with Crippen molar-refractivity contribution in [2.75, 3.05) is 26.9 Å². The Balaban J connectivity index is 0.641. The fourth-order valence-corrected chi connectivity index (χ4v) is 12.9. The predicted molar refractivity (Wildman–Crippen MR) is 303 cm³/mol. The molecule has 2 fully saturated rings. The molecule has 0 radical (unpaired) electrons. The topological polar surface area (TPSA) is 188 Å². The summed E-state index contributed by atoms with van der Waals surface area (Å²) < 4.78 is 24.0. The van der Waals surface area contributed by atoms with Crippen LogP contribution in [0.1, 0.15) is 146 Å². The number of benzene rings is 4. The minimum atomic E-state index is -0.910.